The summed E-state index contributed by atoms with van der Waals surface area (Å²) in [5.74, 6) is -0.183. The maximum absolute atomic E-state index is 13.5. The van der Waals surface area contributed by atoms with Crippen molar-refractivity contribution < 1.29 is 14.7 Å². The van der Waals surface area contributed by atoms with E-state index in [4.69, 9.17) is 0 Å². The topological polar surface area (TPSA) is 128 Å². The monoisotopic (exact) mass is 473 g/mol. The number of fused-ring (bicyclic) bond motifs is 1. The molecule has 1 aliphatic rings. The molecular formula is C25H27N7O3. The van der Waals surface area contributed by atoms with Crippen molar-refractivity contribution in [3.63, 3.8) is 0 Å². The van der Waals surface area contributed by atoms with Gasteiger partial charge in [0.15, 0.2) is 5.78 Å². The predicted octanol–water partition coefficient (Wildman–Crippen LogP) is 2.99. The van der Waals surface area contributed by atoms with Gasteiger partial charge < -0.3 is 15.0 Å². The molecule has 10 heteroatoms. The SMILES string of the molecule is Cc1cc(C)n(CC(=O)Nc2cc(C(=O)c3cn([C@H]4CC[C@@H](O)CC4)c4ncncc34)ccn2)n1. The highest BCUT2D eigenvalue weighted by Gasteiger charge is 2.25. The minimum Gasteiger partial charge on any atom is -0.393 e. The van der Waals surface area contributed by atoms with Crippen LogP contribution in [0.3, 0.4) is 0 Å². The summed E-state index contributed by atoms with van der Waals surface area (Å²) in [5, 5.41) is 17.6. The van der Waals surface area contributed by atoms with Gasteiger partial charge in [-0.15, -0.1) is 0 Å². The van der Waals surface area contributed by atoms with Crippen LogP contribution in [0, 0.1) is 13.8 Å². The van der Waals surface area contributed by atoms with Gasteiger partial charge in [-0.3, -0.25) is 14.3 Å². The molecule has 10 nitrogen and oxygen atoms in total. The number of aliphatic hydroxyl groups is 1. The number of hydrogen-bond acceptors (Lipinski definition) is 7. The zero-order valence-electron chi connectivity index (χ0n) is 19.7. The lowest BCUT2D eigenvalue weighted by Crippen LogP contribution is -2.21. The van der Waals surface area contributed by atoms with Crippen molar-refractivity contribution in [2.45, 2.75) is 58.2 Å². The zero-order valence-corrected chi connectivity index (χ0v) is 19.7. The number of nitrogens with one attached hydrogen (secondary N) is 1. The summed E-state index contributed by atoms with van der Waals surface area (Å²) in [6, 6.07) is 5.27. The number of rotatable bonds is 6. The van der Waals surface area contributed by atoms with Crippen LogP contribution < -0.4 is 5.32 Å². The molecule has 0 unspecified atom stereocenters. The number of pyridine rings is 1. The van der Waals surface area contributed by atoms with E-state index in [1.54, 1.807) is 23.0 Å². The van der Waals surface area contributed by atoms with Crippen LogP contribution in [0.5, 0.6) is 0 Å². The van der Waals surface area contributed by atoms with E-state index >= 15 is 0 Å². The molecule has 180 valence electrons. The Morgan fingerprint density at radius 3 is 2.69 bits per heavy atom. The lowest BCUT2D eigenvalue weighted by molar-refractivity contribution is -0.117. The summed E-state index contributed by atoms with van der Waals surface area (Å²) in [7, 11) is 0. The summed E-state index contributed by atoms with van der Waals surface area (Å²) in [4.78, 5) is 38.8. The largest absolute Gasteiger partial charge is 0.393 e. The van der Waals surface area contributed by atoms with E-state index in [1.165, 1.54) is 12.5 Å². The third-order valence-electron chi connectivity index (χ3n) is 6.48. The molecule has 0 bridgehead atoms. The first-order chi connectivity index (χ1) is 16.9. The highest BCUT2D eigenvalue weighted by Crippen LogP contribution is 2.33. The second kappa shape index (κ2) is 9.38. The second-order valence-electron chi connectivity index (χ2n) is 9.06. The Bertz CT molecular complexity index is 1400. The fourth-order valence-electron chi connectivity index (χ4n) is 4.73. The summed E-state index contributed by atoms with van der Waals surface area (Å²) in [5.41, 5.74) is 3.34. The van der Waals surface area contributed by atoms with Crippen molar-refractivity contribution in [3.05, 3.63) is 65.6 Å². The van der Waals surface area contributed by atoms with Crippen molar-refractivity contribution >= 4 is 28.5 Å². The molecule has 1 aliphatic carbocycles. The molecule has 5 rings (SSSR count). The fourth-order valence-corrected chi connectivity index (χ4v) is 4.73. The molecule has 0 spiro atoms. The lowest BCUT2D eigenvalue weighted by Gasteiger charge is -2.26. The number of ketones is 1. The fraction of sp³-hybridized carbons (Fsp3) is 0.360. The molecule has 4 heterocycles. The van der Waals surface area contributed by atoms with Crippen LogP contribution in [0.1, 0.15) is 59.0 Å². The quantitative estimate of drug-likeness (QED) is 0.412. The van der Waals surface area contributed by atoms with Gasteiger partial charge in [0, 0.05) is 41.3 Å². The van der Waals surface area contributed by atoms with Gasteiger partial charge in [-0.25, -0.2) is 15.0 Å². The van der Waals surface area contributed by atoms with E-state index in [0.717, 1.165) is 37.1 Å². The molecule has 1 saturated carbocycles. The van der Waals surface area contributed by atoms with Gasteiger partial charge in [-0.2, -0.15) is 5.10 Å². The number of amides is 1. The van der Waals surface area contributed by atoms with Crippen molar-refractivity contribution in [2.24, 2.45) is 0 Å². The number of nitrogens with zero attached hydrogens (tertiary/aromatic N) is 6. The van der Waals surface area contributed by atoms with Crippen molar-refractivity contribution in [1.82, 2.24) is 29.3 Å². The van der Waals surface area contributed by atoms with Crippen LogP contribution in [0.15, 0.2) is 43.1 Å². The number of hydrogen-bond donors (Lipinski definition) is 2. The maximum Gasteiger partial charge on any atom is 0.247 e. The molecule has 4 aromatic heterocycles. The van der Waals surface area contributed by atoms with Crippen LogP contribution in [0.2, 0.25) is 0 Å². The first-order valence-electron chi connectivity index (χ1n) is 11.7. The molecular weight excluding hydrogens is 446 g/mol. The van der Waals surface area contributed by atoms with Crippen molar-refractivity contribution in [2.75, 3.05) is 5.32 Å². The van der Waals surface area contributed by atoms with E-state index in [-0.39, 0.29) is 30.4 Å². The normalized spacial score (nSPS) is 18.0. The highest BCUT2D eigenvalue weighted by atomic mass is 16.3. The number of anilines is 1. The van der Waals surface area contributed by atoms with Gasteiger partial charge in [0.2, 0.25) is 5.91 Å². The van der Waals surface area contributed by atoms with Crippen LogP contribution in [0.25, 0.3) is 11.0 Å². The highest BCUT2D eigenvalue weighted by molar-refractivity contribution is 6.16. The van der Waals surface area contributed by atoms with Gasteiger partial charge in [0.05, 0.1) is 17.4 Å². The third-order valence-corrected chi connectivity index (χ3v) is 6.48. The van der Waals surface area contributed by atoms with Gasteiger partial charge in [0.25, 0.3) is 0 Å². The molecule has 1 amide bonds. The van der Waals surface area contributed by atoms with E-state index in [2.05, 4.69) is 25.4 Å². The first kappa shape index (κ1) is 22.9. The van der Waals surface area contributed by atoms with Gasteiger partial charge in [0.1, 0.15) is 24.3 Å². The van der Waals surface area contributed by atoms with Crippen molar-refractivity contribution in [3.8, 4) is 0 Å². The Labute approximate surface area is 202 Å². The summed E-state index contributed by atoms with van der Waals surface area (Å²) < 4.78 is 3.66. The molecule has 0 saturated heterocycles. The molecule has 2 N–H and O–H groups in total. The van der Waals surface area contributed by atoms with Crippen LogP contribution >= 0.6 is 0 Å². The van der Waals surface area contributed by atoms with E-state index < -0.39 is 0 Å². The Balaban J connectivity index is 1.39. The van der Waals surface area contributed by atoms with Crippen LogP contribution in [-0.2, 0) is 11.3 Å². The average Bonchev–Trinajstić information content (AvgIpc) is 3.38. The Kier molecular flexibility index (Phi) is 6.12. The zero-order chi connectivity index (χ0) is 24.5. The summed E-state index contributed by atoms with van der Waals surface area (Å²) in [6.45, 7) is 3.82. The molecule has 1 fully saturated rings. The number of carbonyl (C=O) groups is 2. The summed E-state index contributed by atoms with van der Waals surface area (Å²) >= 11 is 0. The van der Waals surface area contributed by atoms with Gasteiger partial charge in [-0.1, -0.05) is 0 Å². The molecule has 0 atom stereocenters. The Hall–Kier alpha value is -3.92. The second-order valence-corrected chi connectivity index (χ2v) is 9.06. The summed E-state index contributed by atoms with van der Waals surface area (Å²) in [6.07, 6.45) is 9.31. The van der Waals surface area contributed by atoms with E-state index in [1.807, 2.05) is 30.7 Å². The third kappa shape index (κ3) is 4.69. The minimum absolute atomic E-state index is 0.0560. The smallest absolute Gasteiger partial charge is 0.247 e. The van der Waals surface area contributed by atoms with Gasteiger partial charge in [-0.05, 0) is 57.7 Å². The van der Waals surface area contributed by atoms with Gasteiger partial charge >= 0.3 is 0 Å². The Morgan fingerprint density at radius 1 is 1.14 bits per heavy atom. The number of aryl methyl sites for hydroxylation is 2. The maximum atomic E-state index is 13.5. The van der Waals surface area contributed by atoms with E-state index in [9.17, 15) is 14.7 Å². The van der Waals surface area contributed by atoms with Crippen LogP contribution in [0.4, 0.5) is 5.82 Å². The molecule has 0 radical (unpaired) electrons. The Morgan fingerprint density at radius 2 is 1.94 bits per heavy atom. The molecule has 4 aromatic rings. The first-order valence-corrected chi connectivity index (χ1v) is 11.7. The van der Waals surface area contributed by atoms with Crippen LogP contribution in [-0.4, -0.2) is 52.2 Å². The molecule has 35 heavy (non-hydrogen) atoms. The molecule has 0 aliphatic heterocycles. The minimum atomic E-state index is -0.280. The number of carbonyl (C=O) groups excluding carboxylic acids is 2. The van der Waals surface area contributed by atoms with Crippen molar-refractivity contribution in [1.29, 1.82) is 0 Å². The number of aliphatic hydroxyl groups excluding tert-OH is 1. The average molecular weight is 474 g/mol. The van der Waals surface area contributed by atoms with E-state index in [0.29, 0.717) is 28.0 Å². The molecule has 0 aromatic carbocycles. The standard InChI is InChI=1S/C25H27N7O3/c1-15-9-16(2)32(30-15)13-23(34)29-22-10-17(7-8-27-22)24(35)21-12-31(18-3-5-19(33)6-4-18)25-20(21)11-26-14-28-25/h7-12,14,18-19,33H,3-6,13H2,1-2H3,(H,27,29,34)/t18-,19+. The lowest BCUT2D eigenvalue weighted by atomic mass is 9.93. The number of aromatic nitrogens is 6. The predicted molar refractivity (Wildman–Crippen MR) is 129 cm³/mol.